The van der Waals surface area contributed by atoms with Crippen molar-refractivity contribution in [1.82, 2.24) is 20.4 Å². The quantitative estimate of drug-likeness (QED) is 0.0601. The van der Waals surface area contributed by atoms with E-state index in [1.54, 1.807) is 39.5 Å². The molecule has 23 nitrogen and oxygen atoms in total. The van der Waals surface area contributed by atoms with E-state index in [2.05, 4.69) is 25.6 Å². The zero-order valence-electron chi connectivity index (χ0n) is 39.1. The lowest BCUT2D eigenvalue weighted by molar-refractivity contribution is -0.242. The summed E-state index contributed by atoms with van der Waals surface area (Å²) in [5.74, 6) is -5.48. The maximum Gasteiger partial charge on any atom is 0.410 e. The van der Waals surface area contributed by atoms with E-state index in [0.717, 1.165) is 27.9 Å². The molecule has 0 aliphatic carbocycles. The van der Waals surface area contributed by atoms with Gasteiger partial charge in [0.05, 0.1) is 38.4 Å². The molecule has 23 heteroatoms. The summed E-state index contributed by atoms with van der Waals surface area (Å²) in [4.78, 5) is 111. The van der Waals surface area contributed by atoms with Crippen LogP contribution in [0.5, 0.6) is 5.75 Å². The van der Waals surface area contributed by atoms with Crippen LogP contribution in [0, 0.1) is 13.8 Å². The second-order valence-corrected chi connectivity index (χ2v) is 17.5. The molecule has 3 fully saturated rings. The number of ether oxygens (including phenoxy) is 8. The summed E-state index contributed by atoms with van der Waals surface area (Å²) in [5.41, 5.74) is 6.55. The fourth-order valence-corrected chi connectivity index (χ4v) is 8.54. The molecule has 0 radical (unpaired) electrons. The molecule has 1 aromatic rings. The van der Waals surface area contributed by atoms with E-state index in [0.29, 0.717) is 37.2 Å². The molecule has 3 saturated heterocycles. The van der Waals surface area contributed by atoms with Gasteiger partial charge in [0.1, 0.15) is 30.1 Å². The van der Waals surface area contributed by atoms with Crippen LogP contribution in [0.1, 0.15) is 89.2 Å². The third kappa shape index (κ3) is 13.8. The number of likely N-dealkylation sites (tertiary alicyclic amines) is 1. The predicted molar refractivity (Wildman–Crippen MR) is 229 cm³/mol. The molecular formula is C43H61N7O16. The van der Waals surface area contributed by atoms with E-state index in [9.17, 15) is 38.4 Å². The zero-order valence-corrected chi connectivity index (χ0v) is 39.1. The van der Waals surface area contributed by atoms with Crippen molar-refractivity contribution < 1.29 is 76.3 Å². The molecule has 66 heavy (non-hydrogen) atoms. The average molecular weight is 932 g/mol. The summed E-state index contributed by atoms with van der Waals surface area (Å²) >= 11 is 0. The molecule has 3 amide bonds. The van der Waals surface area contributed by atoms with Crippen molar-refractivity contribution in [2.45, 2.75) is 129 Å². The van der Waals surface area contributed by atoms with Crippen LogP contribution in [0.25, 0.3) is 10.4 Å². The number of methoxy groups -OCH3 is 1. The van der Waals surface area contributed by atoms with Gasteiger partial charge < -0.3 is 53.4 Å². The molecular weight excluding hydrogens is 871 g/mol. The molecule has 0 aromatic heterocycles. The molecule has 0 saturated carbocycles. The molecule has 3 heterocycles. The van der Waals surface area contributed by atoms with E-state index in [-0.39, 0.29) is 37.4 Å². The Morgan fingerprint density at radius 2 is 1.64 bits per heavy atom. The number of morpholine rings is 1. The molecule has 4 rings (SSSR count). The largest absolute Gasteiger partial charge is 0.467 e. The average Bonchev–Trinajstić information content (AvgIpc) is 3.65. The van der Waals surface area contributed by atoms with E-state index in [1.807, 2.05) is 0 Å². The molecule has 1 spiro atoms. The number of hydrogen-bond acceptors (Lipinski definition) is 18. The van der Waals surface area contributed by atoms with Crippen LogP contribution < -0.4 is 15.4 Å². The number of carbonyl (C=O) groups excluding carboxylic acids is 8. The molecule has 1 aromatic carbocycles. The highest BCUT2D eigenvalue weighted by Gasteiger charge is 2.59. The van der Waals surface area contributed by atoms with Crippen molar-refractivity contribution in [1.29, 1.82) is 0 Å². The molecule has 0 unspecified atom stereocenters. The number of azide groups is 1. The highest BCUT2D eigenvalue weighted by Crippen LogP contribution is 2.40. The number of hydrogen-bond donors (Lipinski definition) is 2. The summed E-state index contributed by atoms with van der Waals surface area (Å²) < 4.78 is 46.3. The lowest BCUT2D eigenvalue weighted by Gasteiger charge is -2.50. The second-order valence-electron chi connectivity index (χ2n) is 17.5. The van der Waals surface area contributed by atoms with Gasteiger partial charge in [-0.05, 0) is 69.8 Å². The van der Waals surface area contributed by atoms with E-state index in [4.69, 9.17) is 43.4 Å². The first kappa shape index (κ1) is 52.6. The number of carbonyl (C=O) groups is 8. The number of benzene rings is 1. The van der Waals surface area contributed by atoms with Gasteiger partial charge in [0.2, 0.25) is 5.91 Å². The fourth-order valence-electron chi connectivity index (χ4n) is 8.54. The molecule has 2 N–H and O–H groups in total. The Labute approximate surface area is 382 Å². The second kappa shape index (κ2) is 22.4. The van der Waals surface area contributed by atoms with Crippen LogP contribution in [0.2, 0.25) is 0 Å². The van der Waals surface area contributed by atoms with Gasteiger partial charge in [0, 0.05) is 77.2 Å². The SMILES string of the molecule is COC(=O)[C@@]1(CCN2CCOC[C@@]23CCN(C(=O)OC(C)(C)C)C3)C[C@H](OC(C)=O)[C@@H](NC(=O)CN=[N+]=[N-])[C@H]([C@H](OC(C)=O)[C@@H](CNC(=O)c2cc(C)c(OC(C)=O)c(C)c2)OC(C)=O)O1. The normalized spacial score (nSPS) is 23.8. The van der Waals surface area contributed by atoms with Gasteiger partial charge in [-0.15, -0.1) is 0 Å². The first-order valence-electron chi connectivity index (χ1n) is 21.4. The summed E-state index contributed by atoms with van der Waals surface area (Å²) in [6.45, 7) is 13.4. The number of rotatable bonds is 16. The number of esters is 5. The van der Waals surface area contributed by atoms with Crippen LogP contribution in [-0.4, -0.2) is 164 Å². The summed E-state index contributed by atoms with van der Waals surface area (Å²) in [6, 6.07) is 1.45. The lowest BCUT2D eigenvalue weighted by atomic mass is 9.81. The minimum atomic E-state index is -2.03. The minimum Gasteiger partial charge on any atom is -0.467 e. The van der Waals surface area contributed by atoms with E-state index >= 15 is 0 Å². The zero-order chi connectivity index (χ0) is 49.1. The maximum atomic E-state index is 14.3. The van der Waals surface area contributed by atoms with E-state index in [1.165, 1.54) is 19.1 Å². The van der Waals surface area contributed by atoms with Crippen molar-refractivity contribution in [3.8, 4) is 5.75 Å². The van der Waals surface area contributed by atoms with Gasteiger partial charge in [0.25, 0.3) is 5.91 Å². The maximum absolute atomic E-state index is 14.3. The first-order chi connectivity index (χ1) is 30.9. The predicted octanol–water partition coefficient (Wildman–Crippen LogP) is 2.35. The van der Waals surface area contributed by atoms with Gasteiger partial charge >= 0.3 is 35.9 Å². The van der Waals surface area contributed by atoms with Crippen molar-refractivity contribution in [3.05, 3.63) is 39.3 Å². The highest BCUT2D eigenvalue weighted by atomic mass is 16.6. The van der Waals surface area contributed by atoms with Gasteiger partial charge in [-0.25, -0.2) is 9.59 Å². The fraction of sp³-hybridized carbons (Fsp3) is 0.674. The molecule has 364 valence electrons. The summed E-state index contributed by atoms with van der Waals surface area (Å²) in [7, 11) is 1.12. The van der Waals surface area contributed by atoms with Gasteiger partial charge in [-0.2, -0.15) is 0 Å². The lowest BCUT2D eigenvalue weighted by Crippen LogP contribution is -2.69. The summed E-state index contributed by atoms with van der Waals surface area (Å²) in [5, 5.41) is 8.61. The monoisotopic (exact) mass is 931 g/mol. The smallest absolute Gasteiger partial charge is 0.410 e. The van der Waals surface area contributed by atoms with Gasteiger partial charge in [0.15, 0.2) is 17.8 Å². The van der Waals surface area contributed by atoms with Crippen molar-refractivity contribution >= 4 is 47.8 Å². The van der Waals surface area contributed by atoms with Gasteiger partial charge in [-0.1, -0.05) is 5.11 Å². The molecule has 3 aliphatic rings. The number of nitrogens with zero attached hydrogens (tertiary/aromatic N) is 5. The number of amides is 3. The molecule has 3 aliphatic heterocycles. The van der Waals surface area contributed by atoms with Crippen LogP contribution >= 0.6 is 0 Å². The Balaban J connectivity index is 1.80. The Morgan fingerprint density at radius 1 is 0.970 bits per heavy atom. The Bertz CT molecular complexity index is 2050. The van der Waals surface area contributed by atoms with E-state index < -0.39 is 114 Å². The third-order valence-electron chi connectivity index (χ3n) is 11.2. The van der Waals surface area contributed by atoms with Crippen LogP contribution in [0.4, 0.5) is 4.79 Å². The van der Waals surface area contributed by atoms with Crippen LogP contribution in [0.3, 0.4) is 0 Å². The minimum absolute atomic E-state index is 0.116. The van der Waals surface area contributed by atoms with Crippen molar-refractivity contribution in [2.24, 2.45) is 5.11 Å². The first-order valence-corrected chi connectivity index (χ1v) is 21.4. The standard InChI is InChI=1S/C43H61N7O16/c1-24-17-30(18-25(2)35(24)63-28(5)53)38(56)45-20-32(62-27(4)52)36(64-29(6)54)37-34(47-33(55)21-46-48-44)31(61-26(3)51)19-43(65-37,39(57)59-10)12-14-50-15-16-60-23-42(50)11-13-49(22-42)40(58)66-41(7,8)9/h17-18,31-32,34,36-37H,11-16,19-23H2,1-10H3,(H,45,56)(H,47,55)/t31-,32+,34+,36+,37+,42-,43+/m0/s1. The molecule has 0 bridgehead atoms. The Hall–Kier alpha value is -6.03. The Morgan fingerprint density at radius 3 is 2.21 bits per heavy atom. The number of nitrogens with one attached hydrogen (secondary N) is 2. The highest BCUT2D eigenvalue weighted by molar-refractivity contribution is 5.95. The Kier molecular flexibility index (Phi) is 17.9. The van der Waals surface area contributed by atoms with Crippen LogP contribution in [-0.2, 0) is 61.9 Å². The van der Waals surface area contributed by atoms with Crippen molar-refractivity contribution in [3.63, 3.8) is 0 Å². The summed E-state index contributed by atoms with van der Waals surface area (Å²) in [6.07, 6.45) is -7.11. The van der Waals surface area contributed by atoms with Crippen molar-refractivity contribution in [2.75, 3.05) is 59.6 Å². The molecule has 7 atom stereocenters. The topological polar surface area (TPSA) is 290 Å². The van der Waals surface area contributed by atoms with Crippen LogP contribution in [0.15, 0.2) is 17.2 Å². The van der Waals surface area contributed by atoms with Gasteiger partial charge in [-0.3, -0.25) is 33.7 Å². The third-order valence-corrected chi connectivity index (χ3v) is 11.2. The number of aryl methyl sites for hydroxylation is 2.